The molecule has 0 radical (unpaired) electrons. The zero-order valence-electron chi connectivity index (χ0n) is 12.0. The van der Waals surface area contributed by atoms with E-state index in [-0.39, 0.29) is 11.3 Å². The molecule has 20 heavy (non-hydrogen) atoms. The summed E-state index contributed by atoms with van der Waals surface area (Å²) in [7, 11) is 0. The Bertz CT molecular complexity index is 576. The lowest BCUT2D eigenvalue weighted by atomic mass is 9.65. The fraction of sp³-hybridized carbons (Fsp3) is 0.412. The summed E-state index contributed by atoms with van der Waals surface area (Å²) in [6.45, 7) is 4.47. The second kappa shape index (κ2) is 4.89. The standard InChI is InChI=1S/C17H20N2O/c1-12-5-3-9-17(2)14(12)7-8-15(17)16(20)19-13-6-4-10-18-11-13/h3-6,8,10-12,14H,7,9H2,1-2H3,(H,19,20). The van der Waals surface area contributed by atoms with Gasteiger partial charge in [-0.15, -0.1) is 0 Å². The van der Waals surface area contributed by atoms with Gasteiger partial charge in [0.2, 0.25) is 0 Å². The highest BCUT2D eigenvalue weighted by molar-refractivity contribution is 6.05. The Hall–Kier alpha value is -1.90. The van der Waals surface area contributed by atoms with Crippen molar-refractivity contribution in [2.75, 3.05) is 5.32 Å². The van der Waals surface area contributed by atoms with E-state index in [9.17, 15) is 4.79 Å². The van der Waals surface area contributed by atoms with Gasteiger partial charge in [0, 0.05) is 17.2 Å². The predicted octanol–water partition coefficient (Wildman–Crippen LogP) is 3.57. The molecule has 0 saturated carbocycles. The molecule has 0 bridgehead atoms. The molecule has 0 spiro atoms. The van der Waals surface area contributed by atoms with Crippen LogP contribution >= 0.6 is 0 Å². The van der Waals surface area contributed by atoms with E-state index in [0.29, 0.717) is 11.8 Å². The Morgan fingerprint density at radius 3 is 3.10 bits per heavy atom. The van der Waals surface area contributed by atoms with Gasteiger partial charge in [-0.2, -0.15) is 0 Å². The van der Waals surface area contributed by atoms with Crippen molar-refractivity contribution >= 4 is 11.6 Å². The minimum Gasteiger partial charge on any atom is -0.321 e. The molecule has 3 unspecified atom stereocenters. The Kier molecular flexibility index (Phi) is 3.20. The SMILES string of the molecule is CC1C=CCC2(C)C(C(=O)Nc3cccnc3)=CCC12. The van der Waals surface area contributed by atoms with Crippen LogP contribution in [-0.4, -0.2) is 10.9 Å². The Labute approximate surface area is 119 Å². The fourth-order valence-electron chi connectivity index (χ4n) is 3.64. The van der Waals surface area contributed by atoms with Crippen LogP contribution in [0.1, 0.15) is 26.7 Å². The van der Waals surface area contributed by atoms with Crippen LogP contribution in [0.4, 0.5) is 5.69 Å². The van der Waals surface area contributed by atoms with Crippen LogP contribution < -0.4 is 5.32 Å². The van der Waals surface area contributed by atoms with Crippen molar-refractivity contribution in [3.8, 4) is 0 Å². The molecular formula is C17H20N2O. The molecule has 1 amide bonds. The summed E-state index contributed by atoms with van der Waals surface area (Å²) < 4.78 is 0. The average Bonchev–Trinajstić information content (AvgIpc) is 2.78. The monoisotopic (exact) mass is 268 g/mol. The van der Waals surface area contributed by atoms with Crippen molar-refractivity contribution in [2.24, 2.45) is 17.3 Å². The van der Waals surface area contributed by atoms with Crippen LogP contribution in [-0.2, 0) is 4.79 Å². The van der Waals surface area contributed by atoms with Gasteiger partial charge in [0.15, 0.2) is 0 Å². The number of carbonyl (C=O) groups excluding carboxylic acids is 1. The molecular weight excluding hydrogens is 248 g/mol. The van der Waals surface area contributed by atoms with Crippen LogP contribution in [0.2, 0.25) is 0 Å². The number of fused-ring (bicyclic) bond motifs is 1. The van der Waals surface area contributed by atoms with E-state index in [4.69, 9.17) is 0 Å². The minimum absolute atomic E-state index is 0.0190. The summed E-state index contributed by atoms with van der Waals surface area (Å²) in [6.07, 6.45) is 12.0. The molecule has 0 fully saturated rings. The minimum atomic E-state index is -0.0273. The second-order valence-corrected chi connectivity index (χ2v) is 6.06. The van der Waals surface area contributed by atoms with Crippen molar-refractivity contribution in [1.29, 1.82) is 0 Å². The smallest absolute Gasteiger partial charge is 0.251 e. The summed E-state index contributed by atoms with van der Waals surface area (Å²) in [5.74, 6) is 1.10. The third kappa shape index (κ3) is 2.07. The first-order valence-electron chi connectivity index (χ1n) is 7.20. The zero-order valence-corrected chi connectivity index (χ0v) is 12.0. The van der Waals surface area contributed by atoms with Gasteiger partial charge in [-0.25, -0.2) is 0 Å². The van der Waals surface area contributed by atoms with E-state index in [0.717, 1.165) is 24.1 Å². The van der Waals surface area contributed by atoms with E-state index >= 15 is 0 Å². The van der Waals surface area contributed by atoms with Crippen molar-refractivity contribution in [1.82, 2.24) is 4.98 Å². The third-order valence-corrected chi connectivity index (χ3v) is 4.79. The number of nitrogens with zero attached hydrogens (tertiary/aromatic N) is 1. The highest BCUT2D eigenvalue weighted by Gasteiger charge is 2.46. The number of hydrogen-bond donors (Lipinski definition) is 1. The maximum absolute atomic E-state index is 12.6. The number of amides is 1. The second-order valence-electron chi connectivity index (χ2n) is 6.06. The number of hydrogen-bond acceptors (Lipinski definition) is 2. The summed E-state index contributed by atoms with van der Waals surface area (Å²) >= 11 is 0. The number of anilines is 1. The van der Waals surface area contributed by atoms with Gasteiger partial charge in [-0.05, 0) is 36.8 Å². The van der Waals surface area contributed by atoms with E-state index in [1.54, 1.807) is 12.4 Å². The molecule has 3 nitrogen and oxygen atoms in total. The Balaban J connectivity index is 1.81. The van der Waals surface area contributed by atoms with Gasteiger partial charge in [0.05, 0.1) is 11.9 Å². The van der Waals surface area contributed by atoms with Gasteiger partial charge in [-0.1, -0.05) is 32.1 Å². The van der Waals surface area contributed by atoms with Crippen molar-refractivity contribution in [3.05, 3.63) is 48.3 Å². The van der Waals surface area contributed by atoms with E-state index < -0.39 is 0 Å². The first-order valence-corrected chi connectivity index (χ1v) is 7.20. The lowest BCUT2D eigenvalue weighted by molar-refractivity contribution is -0.114. The summed E-state index contributed by atoms with van der Waals surface area (Å²) in [4.78, 5) is 16.6. The molecule has 0 aromatic carbocycles. The molecule has 0 aliphatic heterocycles. The Morgan fingerprint density at radius 1 is 1.50 bits per heavy atom. The first kappa shape index (κ1) is 13.1. The fourth-order valence-corrected chi connectivity index (χ4v) is 3.64. The number of allylic oxidation sites excluding steroid dienone is 3. The van der Waals surface area contributed by atoms with Crippen LogP contribution in [0.15, 0.2) is 48.3 Å². The lowest BCUT2D eigenvalue weighted by Crippen LogP contribution is -2.35. The van der Waals surface area contributed by atoms with Crippen LogP contribution in [0.5, 0.6) is 0 Å². The van der Waals surface area contributed by atoms with Gasteiger partial charge in [0.1, 0.15) is 0 Å². The van der Waals surface area contributed by atoms with Gasteiger partial charge < -0.3 is 5.32 Å². The van der Waals surface area contributed by atoms with Gasteiger partial charge in [0.25, 0.3) is 5.91 Å². The first-order chi connectivity index (χ1) is 9.61. The van der Waals surface area contributed by atoms with Crippen molar-refractivity contribution in [2.45, 2.75) is 26.7 Å². The number of carbonyl (C=O) groups is 1. The molecule has 104 valence electrons. The normalized spacial score (nSPS) is 31.6. The highest BCUT2D eigenvalue weighted by Crippen LogP contribution is 2.52. The maximum atomic E-state index is 12.6. The summed E-state index contributed by atoms with van der Waals surface area (Å²) in [5.41, 5.74) is 1.66. The zero-order chi connectivity index (χ0) is 14.2. The molecule has 2 aliphatic carbocycles. The summed E-state index contributed by atoms with van der Waals surface area (Å²) in [5, 5.41) is 2.96. The lowest BCUT2D eigenvalue weighted by Gasteiger charge is -2.39. The van der Waals surface area contributed by atoms with Crippen LogP contribution in [0.25, 0.3) is 0 Å². The average molecular weight is 268 g/mol. The van der Waals surface area contributed by atoms with Gasteiger partial charge >= 0.3 is 0 Å². The number of aromatic nitrogens is 1. The topological polar surface area (TPSA) is 42.0 Å². The molecule has 2 aliphatic rings. The molecule has 3 rings (SSSR count). The van der Waals surface area contributed by atoms with E-state index in [1.807, 2.05) is 12.1 Å². The quantitative estimate of drug-likeness (QED) is 0.833. The third-order valence-electron chi connectivity index (χ3n) is 4.79. The largest absolute Gasteiger partial charge is 0.321 e. The molecule has 0 saturated heterocycles. The molecule has 3 heteroatoms. The molecule has 3 atom stereocenters. The van der Waals surface area contributed by atoms with Crippen LogP contribution in [0, 0.1) is 17.3 Å². The number of pyridine rings is 1. The van der Waals surface area contributed by atoms with Gasteiger partial charge in [-0.3, -0.25) is 9.78 Å². The van der Waals surface area contributed by atoms with Crippen LogP contribution in [0.3, 0.4) is 0 Å². The van der Waals surface area contributed by atoms with E-state index in [1.165, 1.54) is 0 Å². The highest BCUT2D eigenvalue weighted by atomic mass is 16.1. The van der Waals surface area contributed by atoms with Crippen molar-refractivity contribution in [3.63, 3.8) is 0 Å². The number of nitrogens with one attached hydrogen (secondary N) is 1. The molecule has 1 aromatic rings. The molecule has 1 aromatic heterocycles. The maximum Gasteiger partial charge on any atom is 0.251 e. The van der Waals surface area contributed by atoms with Crippen molar-refractivity contribution < 1.29 is 4.79 Å². The summed E-state index contributed by atoms with van der Waals surface area (Å²) in [6, 6.07) is 3.69. The molecule has 1 N–H and O–H groups in total. The Morgan fingerprint density at radius 2 is 2.35 bits per heavy atom. The molecule has 1 heterocycles. The number of rotatable bonds is 2. The van der Waals surface area contributed by atoms with E-state index in [2.05, 4.69) is 42.4 Å². The predicted molar refractivity (Wildman–Crippen MR) is 80.1 cm³/mol.